The first kappa shape index (κ1) is 23.2. The van der Waals surface area contributed by atoms with Gasteiger partial charge in [0.25, 0.3) is 5.91 Å². The van der Waals surface area contributed by atoms with Crippen molar-refractivity contribution in [3.05, 3.63) is 35.9 Å². The number of benzene rings is 1. The van der Waals surface area contributed by atoms with Gasteiger partial charge in [0, 0.05) is 6.54 Å². The first-order valence-electron chi connectivity index (χ1n) is 10.0. The molecule has 5 nitrogen and oxygen atoms in total. The molecule has 0 spiro atoms. The molecule has 0 heterocycles. The van der Waals surface area contributed by atoms with Crippen LogP contribution in [-0.4, -0.2) is 29.1 Å². The Bertz CT molecular complexity index is 551. The van der Waals surface area contributed by atoms with Gasteiger partial charge in [0.05, 0.1) is 0 Å². The highest BCUT2D eigenvalue weighted by atomic mass is 16.7. The van der Waals surface area contributed by atoms with Crippen molar-refractivity contribution < 1.29 is 19.2 Å². The van der Waals surface area contributed by atoms with Gasteiger partial charge in [-0.1, -0.05) is 69.4 Å². The Morgan fingerprint density at radius 2 is 1.59 bits per heavy atom. The highest BCUT2D eigenvalue weighted by molar-refractivity contribution is 5.93. The van der Waals surface area contributed by atoms with Gasteiger partial charge >= 0.3 is 5.97 Å². The van der Waals surface area contributed by atoms with E-state index in [-0.39, 0.29) is 12.3 Å². The van der Waals surface area contributed by atoms with E-state index in [1.165, 1.54) is 24.3 Å². The number of ether oxygens (including phenoxy) is 1. The molecule has 0 saturated carbocycles. The van der Waals surface area contributed by atoms with Crippen LogP contribution in [0.25, 0.3) is 0 Å². The molecule has 152 valence electrons. The lowest BCUT2D eigenvalue weighted by molar-refractivity contribution is -0.194. The van der Waals surface area contributed by atoms with Crippen LogP contribution >= 0.6 is 0 Å². The second-order valence-corrected chi connectivity index (χ2v) is 7.79. The average Bonchev–Trinajstić information content (AvgIpc) is 2.59. The van der Waals surface area contributed by atoms with Crippen LogP contribution in [0, 0.1) is 0 Å². The molecule has 0 bridgehead atoms. The van der Waals surface area contributed by atoms with Gasteiger partial charge in [-0.2, -0.15) is 0 Å². The van der Waals surface area contributed by atoms with Gasteiger partial charge in [-0.15, -0.1) is 0 Å². The monoisotopic (exact) mass is 377 g/mol. The van der Waals surface area contributed by atoms with Gasteiger partial charge in [-0.3, -0.25) is 14.4 Å². The number of esters is 1. The van der Waals surface area contributed by atoms with E-state index >= 15 is 0 Å². The summed E-state index contributed by atoms with van der Waals surface area (Å²) in [6, 6.07) is 9.69. The molecule has 27 heavy (non-hydrogen) atoms. The summed E-state index contributed by atoms with van der Waals surface area (Å²) < 4.78 is 5.25. The molecule has 1 aromatic rings. The fourth-order valence-electron chi connectivity index (χ4n) is 2.61. The Balaban J connectivity index is 2.54. The lowest BCUT2D eigenvalue weighted by Crippen LogP contribution is -2.35. The number of hydrogen-bond acceptors (Lipinski definition) is 4. The van der Waals surface area contributed by atoms with Crippen molar-refractivity contribution in [2.24, 2.45) is 0 Å². The molecule has 1 amide bonds. The summed E-state index contributed by atoms with van der Waals surface area (Å²) in [6.07, 6.45) is 6.42. The van der Waals surface area contributed by atoms with Crippen LogP contribution in [0.4, 0.5) is 0 Å². The fraction of sp³-hybridized carbons (Fsp3) is 0.636. The molecule has 0 aliphatic rings. The molecule has 0 aliphatic heterocycles. The average molecular weight is 378 g/mol. The number of nitrogens with zero attached hydrogens (tertiary/aromatic N) is 1. The van der Waals surface area contributed by atoms with Crippen LogP contribution in [0.2, 0.25) is 0 Å². The molecule has 1 aromatic carbocycles. The smallest absolute Gasteiger partial charge is 0.315 e. The zero-order chi connectivity index (χ0) is 20.1. The topological polar surface area (TPSA) is 55.8 Å². The number of carbonyl (C=O) groups excluding carboxylic acids is 2. The third kappa shape index (κ3) is 11.4. The minimum atomic E-state index is -0.605. The standard InChI is InChI=1S/C22H35NO4/c1-5-6-7-8-9-13-16-23(26-18-19-14-11-10-12-15-19)20(24)17-21(25)27-22(2,3)4/h10-12,14-15H,5-9,13,16-18H2,1-4H3. The summed E-state index contributed by atoms with van der Waals surface area (Å²) in [5.74, 6) is -0.877. The molecule has 5 heteroatoms. The van der Waals surface area contributed by atoms with Gasteiger partial charge in [0.1, 0.15) is 18.6 Å². The first-order valence-corrected chi connectivity index (χ1v) is 10.0. The molecular weight excluding hydrogens is 342 g/mol. The van der Waals surface area contributed by atoms with E-state index in [1.807, 2.05) is 30.3 Å². The predicted octanol–water partition coefficient (Wildman–Crippen LogP) is 5.04. The van der Waals surface area contributed by atoms with Gasteiger partial charge in [0.2, 0.25) is 0 Å². The number of rotatable bonds is 12. The minimum absolute atomic E-state index is 0.302. The summed E-state index contributed by atoms with van der Waals surface area (Å²) in [6.45, 7) is 8.34. The molecule has 0 aromatic heterocycles. The molecule has 1 rings (SSSR count). The largest absolute Gasteiger partial charge is 0.460 e. The number of carbonyl (C=O) groups is 2. The Morgan fingerprint density at radius 3 is 2.22 bits per heavy atom. The maximum Gasteiger partial charge on any atom is 0.315 e. The van der Waals surface area contributed by atoms with E-state index in [2.05, 4.69) is 6.92 Å². The normalized spacial score (nSPS) is 11.3. The van der Waals surface area contributed by atoms with Crippen molar-refractivity contribution in [3.63, 3.8) is 0 Å². The highest BCUT2D eigenvalue weighted by Gasteiger charge is 2.23. The van der Waals surface area contributed by atoms with E-state index < -0.39 is 11.6 Å². The van der Waals surface area contributed by atoms with Crippen molar-refractivity contribution in [2.75, 3.05) is 6.54 Å². The summed E-state index contributed by atoms with van der Waals surface area (Å²) >= 11 is 0. The van der Waals surface area contributed by atoms with E-state index in [4.69, 9.17) is 9.57 Å². The van der Waals surface area contributed by atoms with Crippen LogP contribution in [0.5, 0.6) is 0 Å². The molecule has 0 N–H and O–H groups in total. The van der Waals surface area contributed by atoms with Crippen molar-refractivity contribution in [1.29, 1.82) is 0 Å². The van der Waals surface area contributed by atoms with Gasteiger partial charge in [0.15, 0.2) is 0 Å². The Morgan fingerprint density at radius 1 is 0.963 bits per heavy atom. The number of unbranched alkanes of at least 4 members (excludes halogenated alkanes) is 5. The second kappa shape index (κ2) is 12.5. The minimum Gasteiger partial charge on any atom is -0.460 e. The summed E-state index contributed by atoms with van der Waals surface area (Å²) in [4.78, 5) is 30.2. The predicted molar refractivity (Wildman–Crippen MR) is 107 cm³/mol. The maximum atomic E-state index is 12.5. The van der Waals surface area contributed by atoms with Crippen molar-refractivity contribution >= 4 is 11.9 Å². The SMILES string of the molecule is CCCCCCCCN(OCc1ccccc1)C(=O)CC(=O)OC(C)(C)C. The number of hydroxylamine groups is 2. The third-order valence-electron chi connectivity index (χ3n) is 3.94. The Kier molecular flexibility index (Phi) is 10.7. The van der Waals surface area contributed by atoms with Crippen LogP contribution in [0.15, 0.2) is 30.3 Å². The van der Waals surface area contributed by atoms with Crippen LogP contribution in [0.3, 0.4) is 0 Å². The van der Waals surface area contributed by atoms with Crippen LogP contribution < -0.4 is 0 Å². The lowest BCUT2D eigenvalue weighted by Gasteiger charge is -2.23. The van der Waals surface area contributed by atoms with Gasteiger partial charge in [-0.25, -0.2) is 5.06 Å². The van der Waals surface area contributed by atoms with Crippen LogP contribution in [-0.2, 0) is 25.8 Å². The van der Waals surface area contributed by atoms with Crippen LogP contribution in [0.1, 0.15) is 78.2 Å². The summed E-state index contributed by atoms with van der Waals surface area (Å²) in [5.41, 5.74) is 0.377. The Labute approximate surface area is 164 Å². The van der Waals surface area contributed by atoms with Crippen molar-refractivity contribution in [1.82, 2.24) is 5.06 Å². The van der Waals surface area contributed by atoms with Crippen molar-refractivity contribution in [3.8, 4) is 0 Å². The second-order valence-electron chi connectivity index (χ2n) is 7.79. The third-order valence-corrected chi connectivity index (χ3v) is 3.94. The molecule has 0 atom stereocenters. The molecule has 0 fully saturated rings. The van der Waals surface area contributed by atoms with Gasteiger partial charge < -0.3 is 4.74 Å². The molecule has 0 unspecified atom stereocenters. The Hall–Kier alpha value is -1.88. The molecular formula is C22H35NO4. The van der Waals surface area contributed by atoms with Gasteiger partial charge in [-0.05, 0) is 32.8 Å². The maximum absolute atomic E-state index is 12.5. The fourth-order valence-corrected chi connectivity index (χ4v) is 2.61. The number of hydrogen-bond donors (Lipinski definition) is 0. The number of amides is 1. The van der Waals surface area contributed by atoms with Crippen molar-refractivity contribution in [2.45, 2.75) is 84.8 Å². The van der Waals surface area contributed by atoms with E-state index in [9.17, 15) is 9.59 Å². The first-order chi connectivity index (χ1) is 12.8. The molecule has 0 saturated heterocycles. The molecule has 0 aliphatic carbocycles. The lowest BCUT2D eigenvalue weighted by atomic mass is 10.1. The van der Waals surface area contributed by atoms with E-state index in [1.54, 1.807) is 20.8 Å². The summed E-state index contributed by atoms with van der Waals surface area (Å²) in [5, 5.41) is 1.33. The molecule has 0 radical (unpaired) electrons. The zero-order valence-corrected chi connectivity index (χ0v) is 17.3. The van der Waals surface area contributed by atoms with E-state index in [0.29, 0.717) is 13.2 Å². The van der Waals surface area contributed by atoms with E-state index in [0.717, 1.165) is 24.8 Å². The zero-order valence-electron chi connectivity index (χ0n) is 17.3. The highest BCUT2D eigenvalue weighted by Crippen LogP contribution is 2.12. The quantitative estimate of drug-likeness (QED) is 0.222. The summed E-state index contributed by atoms with van der Waals surface area (Å²) in [7, 11) is 0.